The Morgan fingerprint density at radius 2 is 1.65 bits per heavy atom. The number of nitroso groups, excluding NO2 is 1. The number of carbonyl (C=O) groups is 1. The minimum absolute atomic E-state index is 0.00355. The number of halogens is 3. The molecule has 13 nitrogen and oxygen atoms in total. The normalized spacial score (nSPS) is 11.1. The lowest BCUT2D eigenvalue weighted by molar-refractivity contribution is 0.202. The Morgan fingerprint density at radius 3 is 2.33 bits per heavy atom. The van der Waals surface area contributed by atoms with Crippen LogP contribution in [0.4, 0.5) is 22.1 Å². The van der Waals surface area contributed by atoms with Gasteiger partial charge < -0.3 is 19.5 Å². The second-order valence-electron chi connectivity index (χ2n) is 8.92. The highest BCUT2D eigenvalue weighted by molar-refractivity contribution is 6.18. The summed E-state index contributed by atoms with van der Waals surface area (Å²) in [6.45, 7) is 2.04. The molecule has 0 radical (unpaired) electrons. The Kier molecular flexibility index (Phi) is 12.3. The van der Waals surface area contributed by atoms with Crippen molar-refractivity contribution in [3.05, 3.63) is 71.4 Å². The zero-order valence-corrected chi connectivity index (χ0v) is 25.3. The molecule has 16 heteroatoms. The molecule has 0 unspecified atom stereocenters. The van der Waals surface area contributed by atoms with Gasteiger partial charge in [-0.2, -0.15) is 15.0 Å². The van der Waals surface area contributed by atoms with E-state index >= 15 is 0 Å². The molecule has 0 aliphatic rings. The van der Waals surface area contributed by atoms with Crippen LogP contribution in [-0.4, -0.2) is 74.4 Å². The number of aromatic nitrogens is 4. The van der Waals surface area contributed by atoms with Gasteiger partial charge in [-0.25, -0.2) is 9.78 Å². The highest BCUT2D eigenvalue weighted by Crippen LogP contribution is 2.27. The van der Waals surface area contributed by atoms with Crippen molar-refractivity contribution >= 4 is 69.3 Å². The lowest BCUT2D eigenvalue weighted by atomic mass is 10.2. The van der Waals surface area contributed by atoms with Crippen LogP contribution in [-0.2, 0) is 13.2 Å². The number of nitrogens with zero attached hydrogens (tertiary/aromatic N) is 9. The number of azo groups is 1. The topological polar surface area (TPSA) is 143 Å². The third kappa shape index (κ3) is 8.96. The highest BCUT2D eigenvalue weighted by Gasteiger charge is 2.17. The molecule has 0 saturated carbocycles. The number of benzene rings is 2. The SMILES string of the molecule is O=NN(CCCl)C(=O)NCCn1cnc2c(OCc3ccccc3)nc(N=Nc3ccc(N(CCCl)CCCl)cc3)nc21. The summed E-state index contributed by atoms with van der Waals surface area (Å²) in [6, 6.07) is 16.5. The molecule has 0 aliphatic carbocycles. The molecule has 43 heavy (non-hydrogen) atoms. The Balaban J connectivity index is 1.56. The largest absolute Gasteiger partial charge is 0.471 e. The predicted molar refractivity (Wildman–Crippen MR) is 167 cm³/mol. The lowest BCUT2D eigenvalue weighted by Crippen LogP contribution is -2.38. The minimum Gasteiger partial charge on any atom is -0.471 e. The Hall–Kier alpha value is -4.07. The molecule has 1 N–H and O–H groups in total. The average molecular weight is 648 g/mol. The maximum atomic E-state index is 12.2. The average Bonchev–Trinajstić information content (AvgIpc) is 3.45. The standard InChI is InChI=1S/C27H29Cl3N10O3/c28-10-14-38(15-11-29)22-8-6-21(7-9-22)35-36-26-33-24-23(25(34-26)43-18-20-4-2-1-3-5-20)32-19-39(24)17-13-31-27(41)40(37-42)16-12-30/h1-9,19H,10-18H2,(H,31,41). The number of alkyl halides is 3. The highest BCUT2D eigenvalue weighted by atomic mass is 35.5. The molecule has 4 aromatic rings. The molecule has 2 aromatic heterocycles. The summed E-state index contributed by atoms with van der Waals surface area (Å²) < 4.78 is 7.73. The van der Waals surface area contributed by atoms with Crippen LogP contribution >= 0.6 is 34.8 Å². The molecule has 2 aromatic carbocycles. The van der Waals surface area contributed by atoms with Crippen molar-refractivity contribution < 1.29 is 9.53 Å². The maximum absolute atomic E-state index is 12.2. The third-order valence-corrected chi connectivity index (χ3v) is 6.58. The van der Waals surface area contributed by atoms with Gasteiger partial charge in [0.15, 0.2) is 11.2 Å². The van der Waals surface area contributed by atoms with E-state index in [1.165, 1.54) is 0 Å². The summed E-state index contributed by atoms with van der Waals surface area (Å²) in [4.78, 5) is 38.6. The Labute approximate surface area is 262 Å². The van der Waals surface area contributed by atoms with Crippen LogP contribution < -0.4 is 15.0 Å². The van der Waals surface area contributed by atoms with Crippen molar-refractivity contribution in [2.24, 2.45) is 15.5 Å². The number of amides is 2. The molecule has 2 heterocycles. The molecular weight excluding hydrogens is 619 g/mol. The predicted octanol–water partition coefficient (Wildman–Crippen LogP) is 6.04. The van der Waals surface area contributed by atoms with Gasteiger partial charge in [0, 0.05) is 49.5 Å². The zero-order valence-electron chi connectivity index (χ0n) is 23.0. The van der Waals surface area contributed by atoms with Crippen molar-refractivity contribution in [2.75, 3.05) is 48.7 Å². The first-order chi connectivity index (χ1) is 21.1. The van der Waals surface area contributed by atoms with Gasteiger partial charge in [-0.15, -0.1) is 49.9 Å². The van der Waals surface area contributed by atoms with E-state index in [-0.39, 0.29) is 43.9 Å². The summed E-state index contributed by atoms with van der Waals surface area (Å²) >= 11 is 17.5. The van der Waals surface area contributed by atoms with Gasteiger partial charge in [-0.1, -0.05) is 30.3 Å². The molecule has 0 saturated heterocycles. The van der Waals surface area contributed by atoms with E-state index in [1.807, 2.05) is 54.6 Å². The van der Waals surface area contributed by atoms with E-state index in [4.69, 9.17) is 39.5 Å². The van der Waals surface area contributed by atoms with Crippen molar-refractivity contribution in [2.45, 2.75) is 13.2 Å². The summed E-state index contributed by atoms with van der Waals surface area (Å²) in [5.74, 6) is 1.35. The second kappa shape index (κ2) is 16.5. The molecule has 226 valence electrons. The molecule has 4 rings (SSSR count). The maximum Gasteiger partial charge on any atom is 0.340 e. The van der Waals surface area contributed by atoms with Crippen LogP contribution in [0.5, 0.6) is 5.88 Å². The number of hydrogen-bond donors (Lipinski definition) is 1. The Morgan fingerprint density at radius 1 is 0.930 bits per heavy atom. The van der Waals surface area contributed by atoms with Crippen molar-refractivity contribution in [1.29, 1.82) is 0 Å². The number of rotatable bonds is 16. The van der Waals surface area contributed by atoms with Gasteiger partial charge in [0.25, 0.3) is 5.95 Å². The van der Waals surface area contributed by atoms with Crippen molar-refractivity contribution in [3.63, 3.8) is 0 Å². The first-order valence-corrected chi connectivity index (χ1v) is 14.9. The number of fused-ring (bicyclic) bond motifs is 1. The van der Waals surface area contributed by atoms with E-state index in [2.05, 4.69) is 40.7 Å². The van der Waals surface area contributed by atoms with Gasteiger partial charge in [0.2, 0.25) is 5.88 Å². The van der Waals surface area contributed by atoms with Crippen LogP contribution in [0.1, 0.15) is 5.56 Å². The van der Waals surface area contributed by atoms with E-state index < -0.39 is 6.03 Å². The number of anilines is 1. The fourth-order valence-electron chi connectivity index (χ4n) is 3.98. The van der Waals surface area contributed by atoms with Crippen LogP contribution in [0.2, 0.25) is 0 Å². The fourth-order valence-corrected chi connectivity index (χ4v) is 4.55. The lowest BCUT2D eigenvalue weighted by Gasteiger charge is -2.22. The summed E-state index contributed by atoms with van der Waals surface area (Å²) in [5.41, 5.74) is 3.36. The summed E-state index contributed by atoms with van der Waals surface area (Å²) in [6.07, 6.45) is 1.56. The summed E-state index contributed by atoms with van der Waals surface area (Å²) in [7, 11) is 0. The Bertz CT molecular complexity index is 1500. The number of nitrogens with one attached hydrogen (secondary N) is 1. The van der Waals surface area contributed by atoms with E-state index in [0.29, 0.717) is 41.7 Å². The molecule has 0 spiro atoms. The van der Waals surface area contributed by atoms with Crippen LogP contribution in [0, 0.1) is 4.91 Å². The number of carbonyl (C=O) groups excluding carboxylic acids is 1. The second-order valence-corrected chi connectivity index (χ2v) is 10.1. The van der Waals surface area contributed by atoms with Crippen LogP contribution in [0.3, 0.4) is 0 Å². The van der Waals surface area contributed by atoms with Gasteiger partial charge in [0.1, 0.15) is 6.61 Å². The van der Waals surface area contributed by atoms with Crippen molar-refractivity contribution in [3.8, 4) is 5.88 Å². The molecule has 0 bridgehead atoms. The zero-order chi connectivity index (χ0) is 30.4. The molecule has 2 amide bonds. The van der Waals surface area contributed by atoms with Gasteiger partial charge in [0.05, 0.1) is 23.8 Å². The van der Waals surface area contributed by atoms with E-state index in [1.54, 1.807) is 10.9 Å². The van der Waals surface area contributed by atoms with Gasteiger partial charge >= 0.3 is 6.03 Å². The minimum atomic E-state index is -0.657. The first kappa shape index (κ1) is 31.9. The third-order valence-electron chi connectivity index (χ3n) is 6.08. The van der Waals surface area contributed by atoms with Crippen LogP contribution in [0.25, 0.3) is 11.2 Å². The fraction of sp³-hybridized carbons (Fsp3) is 0.333. The molecule has 0 atom stereocenters. The van der Waals surface area contributed by atoms with Gasteiger partial charge in [-0.05, 0) is 29.8 Å². The number of imidazole rings is 1. The number of hydrogen-bond acceptors (Lipinski definition) is 10. The van der Waals surface area contributed by atoms with Gasteiger partial charge in [-0.3, -0.25) is 0 Å². The summed E-state index contributed by atoms with van der Waals surface area (Å²) in [5, 5.41) is 14.6. The van der Waals surface area contributed by atoms with E-state index in [0.717, 1.165) is 16.3 Å². The van der Waals surface area contributed by atoms with Crippen molar-refractivity contribution in [1.82, 2.24) is 29.8 Å². The quantitative estimate of drug-likeness (QED) is 0.0676. The smallest absolute Gasteiger partial charge is 0.340 e. The first-order valence-electron chi connectivity index (χ1n) is 13.3. The molecule has 0 aliphatic heterocycles. The molecular formula is C27H29Cl3N10O3. The monoisotopic (exact) mass is 646 g/mol. The number of urea groups is 1. The molecule has 0 fully saturated rings. The van der Waals surface area contributed by atoms with E-state index in [9.17, 15) is 9.70 Å². The van der Waals surface area contributed by atoms with Crippen LogP contribution in [0.15, 0.2) is 76.4 Å². The number of ether oxygens (including phenoxy) is 1.